The fraction of sp³-hybridized carbons (Fsp3) is 0.214. The SMILES string of the molecule is N#C[C@]12C(N)=NC(=O)[C@@]1(C#N)[C@@]21C(=O)Nc2ccccc21. The second kappa shape index (κ2) is 2.94. The van der Waals surface area contributed by atoms with Gasteiger partial charge in [-0.3, -0.25) is 9.59 Å². The Morgan fingerprint density at radius 3 is 2.43 bits per heavy atom. The van der Waals surface area contributed by atoms with Crippen molar-refractivity contribution in [3.8, 4) is 12.1 Å². The third kappa shape index (κ3) is 0.735. The molecule has 1 fully saturated rings. The number of carbonyl (C=O) groups excluding carboxylic acids is 2. The van der Waals surface area contributed by atoms with Crippen molar-refractivity contribution in [2.45, 2.75) is 5.41 Å². The molecule has 1 spiro atoms. The number of rotatable bonds is 0. The third-order valence-corrected chi connectivity index (χ3v) is 4.81. The largest absolute Gasteiger partial charge is 0.386 e. The molecule has 3 aliphatic rings. The molecular weight excluding hydrogens is 270 g/mol. The first-order valence-electron chi connectivity index (χ1n) is 6.17. The van der Waals surface area contributed by atoms with Gasteiger partial charge in [0.2, 0.25) is 5.91 Å². The standard InChI is InChI=1S/C14H7N5O2/c15-5-12-9(17)19-10(20)13(12,6-16)14(12)7-3-1-2-4-8(7)18-11(14)21/h1-4H,(H,18,21)(H2,17,19,20)/t12-,13+,14-/m0/s1. The monoisotopic (exact) mass is 277 g/mol. The van der Waals surface area contributed by atoms with Gasteiger partial charge >= 0.3 is 0 Å². The molecule has 0 unspecified atom stereocenters. The number of fused-ring (bicyclic) bond motifs is 5. The molecule has 4 rings (SSSR count). The van der Waals surface area contributed by atoms with E-state index < -0.39 is 28.1 Å². The molecule has 3 N–H and O–H groups in total. The van der Waals surface area contributed by atoms with Crippen LogP contribution in [0.15, 0.2) is 29.3 Å². The van der Waals surface area contributed by atoms with Gasteiger partial charge in [0.05, 0.1) is 12.1 Å². The third-order valence-electron chi connectivity index (χ3n) is 4.81. The average molecular weight is 277 g/mol. The zero-order valence-electron chi connectivity index (χ0n) is 10.5. The summed E-state index contributed by atoms with van der Waals surface area (Å²) in [4.78, 5) is 28.4. The molecule has 0 bridgehead atoms. The Morgan fingerprint density at radius 2 is 1.81 bits per heavy atom. The summed E-state index contributed by atoms with van der Waals surface area (Å²) in [6.07, 6.45) is 0. The first kappa shape index (κ1) is 11.6. The minimum atomic E-state index is -1.87. The Bertz CT molecular complexity index is 876. The molecule has 3 atom stereocenters. The van der Waals surface area contributed by atoms with Gasteiger partial charge < -0.3 is 11.1 Å². The zero-order chi connectivity index (χ0) is 15.0. The number of aliphatic imine (C=N–C) groups is 1. The second-order valence-electron chi connectivity index (χ2n) is 5.28. The molecule has 1 saturated carbocycles. The smallest absolute Gasteiger partial charge is 0.271 e. The van der Waals surface area contributed by atoms with E-state index in [1.807, 2.05) is 12.1 Å². The van der Waals surface area contributed by atoms with Crippen molar-refractivity contribution in [3.05, 3.63) is 29.8 Å². The summed E-state index contributed by atoms with van der Waals surface area (Å²) in [5.74, 6) is -1.64. The van der Waals surface area contributed by atoms with Crippen molar-refractivity contribution in [2.75, 3.05) is 5.32 Å². The summed E-state index contributed by atoms with van der Waals surface area (Å²) < 4.78 is 0. The van der Waals surface area contributed by atoms with Gasteiger partial charge in [0.1, 0.15) is 11.3 Å². The molecule has 0 radical (unpaired) electrons. The number of para-hydroxylation sites is 1. The van der Waals surface area contributed by atoms with Crippen molar-refractivity contribution in [1.82, 2.24) is 0 Å². The number of nitrogens with two attached hydrogens (primary N) is 1. The van der Waals surface area contributed by atoms with E-state index in [-0.39, 0.29) is 5.84 Å². The van der Waals surface area contributed by atoms with Crippen LogP contribution in [-0.4, -0.2) is 17.6 Å². The Labute approximate surface area is 118 Å². The van der Waals surface area contributed by atoms with E-state index in [1.54, 1.807) is 24.3 Å². The molecule has 1 aromatic rings. The zero-order valence-corrected chi connectivity index (χ0v) is 10.5. The molecule has 7 heteroatoms. The fourth-order valence-corrected chi connectivity index (χ4v) is 3.99. The van der Waals surface area contributed by atoms with Crippen molar-refractivity contribution in [3.63, 3.8) is 0 Å². The van der Waals surface area contributed by atoms with Crippen LogP contribution in [0.5, 0.6) is 0 Å². The highest BCUT2D eigenvalue weighted by molar-refractivity contribution is 6.30. The Hall–Kier alpha value is -3.19. The predicted molar refractivity (Wildman–Crippen MR) is 69.5 cm³/mol. The van der Waals surface area contributed by atoms with Gasteiger partial charge in [-0.25, -0.2) is 0 Å². The Morgan fingerprint density at radius 1 is 1.14 bits per heavy atom. The molecule has 21 heavy (non-hydrogen) atoms. The lowest BCUT2D eigenvalue weighted by atomic mass is 9.85. The molecular formula is C14H7N5O2. The minimum Gasteiger partial charge on any atom is -0.386 e. The molecule has 2 amide bonds. The van der Waals surface area contributed by atoms with Crippen LogP contribution in [0, 0.1) is 33.5 Å². The summed E-state index contributed by atoms with van der Waals surface area (Å²) in [6, 6.07) is 10.5. The lowest BCUT2D eigenvalue weighted by Gasteiger charge is -2.14. The quantitative estimate of drug-likeness (QED) is 0.678. The highest BCUT2D eigenvalue weighted by Crippen LogP contribution is 2.82. The van der Waals surface area contributed by atoms with Gasteiger partial charge in [-0.05, 0) is 11.6 Å². The van der Waals surface area contributed by atoms with Crippen LogP contribution >= 0.6 is 0 Å². The highest BCUT2D eigenvalue weighted by atomic mass is 16.2. The number of benzene rings is 1. The van der Waals surface area contributed by atoms with E-state index >= 15 is 0 Å². The van der Waals surface area contributed by atoms with Crippen molar-refractivity contribution in [1.29, 1.82) is 10.5 Å². The lowest BCUT2D eigenvalue weighted by Crippen LogP contribution is -2.36. The van der Waals surface area contributed by atoms with E-state index in [9.17, 15) is 20.1 Å². The van der Waals surface area contributed by atoms with E-state index in [0.717, 1.165) is 0 Å². The first-order valence-corrected chi connectivity index (χ1v) is 6.17. The average Bonchev–Trinajstić information content (AvgIpc) is 2.82. The molecule has 1 aliphatic carbocycles. The molecule has 2 heterocycles. The van der Waals surface area contributed by atoms with E-state index in [0.29, 0.717) is 11.3 Å². The second-order valence-corrected chi connectivity index (χ2v) is 5.28. The first-order chi connectivity index (χ1) is 10.0. The van der Waals surface area contributed by atoms with Crippen LogP contribution < -0.4 is 11.1 Å². The van der Waals surface area contributed by atoms with Gasteiger partial charge in [0.25, 0.3) is 5.91 Å². The Kier molecular flexibility index (Phi) is 1.63. The minimum absolute atomic E-state index is 0.261. The lowest BCUT2D eigenvalue weighted by molar-refractivity contribution is -0.125. The van der Waals surface area contributed by atoms with Gasteiger partial charge in [-0.15, -0.1) is 0 Å². The van der Waals surface area contributed by atoms with Crippen LogP contribution in [0.2, 0.25) is 0 Å². The van der Waals surface area contributed by atoms with E-state index in [2.05, 4.69) is 10.3 Å². The van der Waals surface area contributed by atoms with Crippen LogP contribution in [0.1, 0.15) is 5.56 Å². The van der Waals surface area contributed by atoms with Crippen molar-refractivity contribution in [2.24, 2.45) is 21.6 Å². The van der Waals surface area contributed by atoms with Gasteiger partial charge in [-0.2, -0.15) is 15.5 Å². The van der Waals surface area contributed by atoms with Crippen LogP contribution in [0.3, 0.4) is 0 Å². The summed E-state index contributed by atoms with van der Waals surface area (Å²) in [7, 11) is 0. The maximum atomic E-state index is 12.6. The van der Waals surface area contributed by atoms with Crippen LogP contribution in [0.25, 0.3) is 0 Å². The topological polar surface area (TPSA) is 132 Å². The highest BCUT2D eigenvalue weighted by Gasteiger charge is 3.01. The van der Waals surface area contributed by atoms with Gasteiger partial charge in [-0.1, -0.05) is 18.2 Å². The molecule has 100 valence electrons. The summed E-state index contributed by atoms with van der Waals surface area (Å²) in [5, 5.41) is 21.9. The maximum Gasteiger partial charge on any atom is 0.271 e. The van der Waals surface area contributed by atoms with Crippen LogP contribution in [0.4, 0.5) is 5.69 Å². The van der Waals surface area contributed by atoms with Gasteiger partial charge in [0.15, 0.2) is 10.8 Å². The number of carbonyl (C=O) groups is 2. The number of hydrogen-bond acceptors (Lipinski definition) is 5. The van der Waals surface area contributed by atoms with E-state index in [4.69, 9.17) is 5.73 Å². The maximum absolute atomic E-state index is 12.6. The molecule has 0 aromatic heterocycles. The summed E-state index contributed by atoms with van der Waals surface area (Å²) in [6.45, 7) is 0. The fourth-order valence-electron chi connectivity index (χ4n) is 3.99. The number of amidine groups is 1. The van der Waals surface area contributed by atoms with Crippen LogP contribution in [-0.2, 0) is 15.0 Å². The number of amides is 2. The van der Waals surface area contributed by atoms with Crippen molar-refractivity contribution >= 4 is 23.3 Å². The summed E-state index contributed by atoms with van der Waals surface area (Å²) in [5.41, 5.74) is 1.52. The van der Waals surface area contributed by atoms with Gasteiger partial charge in [0, 0.05) is 5.69 Å². The molecule has 0 saturated heterocycles. The molecule has 2 aliphatic heterocycles. The Balaban J connectivity index is 2.15. The molecule has 7 nitrogen and oxygen atoms in total. The number of nitriles is 2. The summed E-state index contributed by atoms with van der Waals surface area (Å²) >= 11 is 0. The number of anilines is 1. The number of nitrogens with zero attached hydrogens (tertiary/aromatic N) is 3. The molecule has 1 aromatic carbocycles. The number of nitrogens with one attached hydrogen (secondary N) is 1. The predicted octanol–water partition coefficient (Wildman–Crippen LogP) is -0.193. The normalized spacial score (nSPS) is 38.1. The van der Waals surface area contributed by atoms with E-state index in [1.165, 1.54) is 0 Å². The number of hydrogen-bond donors (Lipinski definition) is 2. The van der Waals surface area contributed by atoms with Crippen molar-refractivity contribution < 1.29 is 9.59 Å².